The smallest absolute Gasteiger partial charge is 0.244 e. The van der Waals surface area contributed by atoms with Gasteiger partial charge in [-0.1, -0.05) is 38.5 Å². The number of benzene rings is 2. The van der Waals surface area contributed by atoms with Crippen LogP contribution in [-0.2, 0) is 26.2 Å². The Hall–Kier alpha value is -3.27. The van der Waals surface area contributed by atoms with Crippen molar-refractivity contribution < 1.29 is 27.5 Å². The average molecular weight is 534 g/mol. The van der Waals surface area contributed by atoms with E-state index in [2.05, 4.69) is 5.32 Å². The number of carbonyl (C=O) groups excluding carboxylic acids is 2. The molecule has 0 fully saturated rings. The first-order chi connectivity index (χ1) is 17.5. The highest BCUT2D eigenvalue weighted by atomic mass is 32.2. The van der Waals surface area contributed by atoms with E-state index in [-0.39, 0.29) is 18.1 Å². The Bertz CT molecular complexity index is 1170. The van der Waals surface area contributed by atoms with Gasteiger partial charge in [0, 0.05) is 13.1 Å². The van der Waals surface area contributed by atoms with Crippen molar-refractivity contribution in [2.45, 2.75) is 52.6 Å². The van der Waals surface area contributed by atoms with E-state index in [0.29, 0.717) is 24.5 Å². The number of aryl methyl sites for hydroxylation is 1. The van der Waals surface area contributed by atoms with Crippen molar-refractivity contribution in [3.63, 3.8) is 0 Å². The number of rotatable bonds is 14. The molecule has 2 aromatic rings. The van der Waals surface area contributed by atoms with Crippen LogP contribution < -0.4 is 19.1 Å². The number of nitrogens with one attached hydrogen (secondary N) is 1. The number of hydrogen-bond acceptors (Lipinski definition) is 6. The maximum Gasteiger partial charge on any atom is 0.244 e. The Morgan fingerprint density at radius 3 is 2.38 bits per heavy atom. The Kier molecular flexibility index (Phi) is 11.2. The quantitative estimate of drug-likeness (QED) is 0.373. The predicted molar refractivity (Wildman–Crippen MR) is 145 cm³/mol. The zero-order chi connectivity index (χ0) is 27.6. The normalized spacial score (nSPS) is 11.9. The summed E-state index contributed by atoms with van der Waals surface area (Å²) in [4.78, 5) is 28.4. The van der Waals surface area contributed by atoms with Crippen LogP contribution in [0.1, 0.15) is 44.2 Å². The molecule has 10 heteroatoms. The summed E-state index contributed by atoms with van der Waals surface area (Å²) in [5.41, 5.74) is 1.83. The molecule has 0 radical (unpaired) electrons. The van der Waals surface area contributed by atoms with Crippen LogP contribution in [-0.4, -0.2) is 64.7 Å². The third kappa shape index (κ3) is 8.38. The second kappa shape index (κ2) is 13.9. The van der Waals surface area contributed by atoms with Crippen LogP contribution in [0, 0.1) is 6.92 Å². The lowest BCUT2D eigenvalue weighted by Crippen LogP contribution is -2.52. The van der Waals surface area contributed by atoms with Crippen molar-refractivity contribution in [3.8, 4) is 11.5 Å². The molecule has 0 saturated heterocycles. The van der Waals surface area contributed by atoms with Gasteiger partial charge < -0.3 is 19.7 Å². The lowest BCUT2D eigenvalue weighted by molar-refractivity contribution is -0.140. The summed E-state index contributed by atoms with van der Waals surface area (Å²) < 4.78 is 37.5. The van der Waals surface area contributed by atoms with E-state index in [4.69, 9.17) is 9.47 Å². The Morgan fingerprint density at radius 2 is 1.78 bits per heavy atom. The summed E-state index contributed by atoms with van der Waals surface area (Å²) in [7, 11) is -0.868. The molecule has 2 aromatic carbocycles. The third-order valence-corrected chi connectivity index (χ3v) is 7.11. The van der Waals surface area contributed by atoms with Gasteiger partial charge in [0.25, 0.3) is 0 Å². The SMILES string of the molecule is CCCCNC(=O)[C@H](CC)N(Cc1cccc(OC)c1)C(=O)CN(c1cc(C)ccc1OC)S(C)(=O)=O. The molecule has 0 bridgehead atoms. The molecular weight excluding hydrogens is 494 g/mol. The number of carbonyl (C=O) groups is 2. The fourth-order valence-corrected chi connectivity index (χ4v) is 4.83. The van der Waals surface area contributed by atoms with Crippen LogP contribution >= 0.6 is 0 Å². The number of unbranched alkanes of at least 4 members (excludes halogenated alkanes) is 1. The maximum atomic E-state index is 13.8. The van der Waals surface area contributed by atoms with Crippen LogP contribution in [0.15, 0.2) is 42.5 Å². The molecule has 0 aliphatic heterocycles. The Morgan fingerprint density at radius 1 is 1.05 bits per heavy atom. The average Bonchev–Trinajstić information content (AvgIpc) is 2.86. The van der Waals surface area contributed by atoms with Gasteiger partial charge in [-0.2, -0.15) is 0 Å². The van der Waals surface area contributed by atoms with Gasteiger partial charge in [-0.15, -0.1) is 0 Å². The lowest BCUT2D eigenvalue weighted by atomic mass is 10.1. The first-order valence-corrected chi connectivity index (χ1v) is 14.2. The zero-order valence-electron chi connectivity index (χ0n) is 22.6. The lowest BCUT2D eigenvalue weighted by Gasteiger charge is -2.33. The van der Waals surface area contributed by atoms with Crippen molar-refractivity contribution in [1.29, 1.82) is 0 Å². The van der Waals surface area contributed by atoms with Gasteiger partial charge in [-0.05, 0) is 55.2 Å². The first-order valence-electron chi connectivity index (χ1n) is 12.4. The number of anilines is 1. The standard InChI is InChI=1S/C27H39N3O6S/c1-7-9-15-28-27(32)23(8-2)29(18-21-11-10-12-22(17-21)35-4)26(31)19-30(37(6,33)34)24-16-20(3)13-14-25(24)36-5/h10-14,16-17,23H,7-9,15,18-19H2,1-6H3,(H,28,32)/t23-/m0/s1. The number of methoxy groups -OCH3 is 2. The fourth-order valence-electron chi connectivity index (χ4n) is 3.98. The second-order valence-corrected chi connectivity index (χ2v) is 10.8. The molecule has 0 saturated carbocycles. The summed E-state index contributed by atoms with van der Waals surface area (Å²) in [6, 6.07) is 11.6. The number of sulfonamides is 1. The third-order valence-electron chi connectivity index (χ3n) is 5.98. The number of nitrogens with zero attached hydrogens (tertiary/aromatic N) is 2. The molecule has 0 aliphatic carbocycles. The molecule has 1 N–H and O–H groups in total. The van der Waals surface area contributed by atoms with E-state index < -0.39 is 28.5 Å². The number of ether oxygens (including phenoxy) is 2. The molecule has 204 valence electrons. The van der Waals surface area contributed by atoms with Crippen molar-refractivity contribution in [2.24, 2.45) is 0 Å². The molecule has 0 spiro atoms. The van der Waals surface area contributed by atoms with Gasteiger partial charge in [-0.3, -0.25) is 13.9 Å². The molecule has 0 unspecified atom stereocenters. The van der Waals surface area contributed by atoms with Crippen molar-refractivity contribution in [3.05, 3.63) is 53.6 Å². The monoisotopic (exact) mass is 533 g/mol. The minimum atomic E-state index is -3.86. The highest BCUT2D eigenvalue weighted by molar-refractivity contribution is 7.92. The minimum Gasteiger partial charge on any atom is -0.497 e. The largest absolute Gasteiger partial charge is 0.497 e. The van der Waals surface area contributed by atoms with Crippen molar-refractivity contribution >= 4 is 27.5 Å². The molecule has 1 atom stereocenters. The van der Waals surface area contributed by atoms with Crippen LogP contribution in [0.3, 0.4) is 0 Å². The molecular formula is C27H39N3O6S. The highest BCUT2D eigenvalue weighted by Gasteiger charge is 2.32. The summed E-state index contributed by atoms with van der Waals surface area (Å²) in [5, 5.41) is 2.91. The molecule has 9 nitrogen and oxygen atoms in total. The first kappa shape index (κ1) is 30.0. The molecule has 37 heavy (non-hydrogen) atoms. The van der Waals surface area contributed by atoms with Crippen LogP contribution in [0.2, 0.25) is 0 Å². The summed E-state index contributed by atoms with van der Waals surface area (Å²) in [6.45, 7) is 5.81. The molecule has 0 heterocycles. The van der Waals surface area contributed by atoms with Crippen LogP contribution in [0.25, 0.3) is 0 Å². The molecule has 2 amide bonds. The van der Waals surface area contributed by atoms with Gasteiger partial charge in [0.2, 0.25) is 21.8 Å². The maximum absolute atomic E-state index is 13.8. The Balaban J connectivity index is 2.49. The van der Waals surface area contributed by atoms with Gasteiger partial charge in [0.1, 0.15) is 24.1 Å². The Labute approximate surface area is 220 Å². The predicted octanol–water partition coefficient (Wildman–Crippen LogP) is 3.50. The van der Waals surface area contributed by atoms with E-state index in [0.717, 1.165) is 34.5 Å². The van der Waals surface area contributed by atoms with Crippen LogP contribution in [0.5, 0.6) is 11.5 Å². The van der Waals surface area contributed by atoms with E-state index in [1.807, 2.05) is 26.8 Å². The van der Waals surface area contributed by atoms with Gasteiger partial charge in [0.05, 0.1) is 26.2 Å². The highest BCUT2D eigenvalue weighted by Crippen LogP contribution is 2.31. The van der Waals surface area contributed by atoms with Gasteiger partial charge in [0.15, 0.2) is 0 Å². The van der Waals surface area contributed by atoms with Gasteiger partial charge in [-0.25, -0.2) is 8.42 Å². The number of amides is 2. The van der Waals surface area contributed by atoms with E-state index >= 15 is 0 Å². The zero-order valence-corrected chi connectivity index (χ0v) is 23.4. The van der Waals surface area contributed by atoms with E-state index in [1.54, 1.807) is 43.5 Å². The molecule has 2 rings (SSSR count). The summed E-state index contributed by atoms with van der Waals surface area (Å²) in [6.07, 6.45) is 3.15. The fraction of sp³-hybridized carbons (Fsp3) is 0.481. The van der Waals surface area contributed by atoms with Crippen molar-refractivity contribution in [2.75, 3.05) is 37.9 Å². The van der Waals surface area contributed by atoms with Gasteiger partial charge >= 0.3 is 0 Å². The van der Waals surface area contributed by atoms with Crippen molar-refractivity contribution in [1.82, 2.24) is 10.2 Å². The number of hydrogen-bond donors (Lipinski definition) is 1. The summed E-state index contributed by atoms with van der Waals surface area (Å²) in [5.74, 6) is 0.167. The topological polar surface area (TPSA) is 105 Å². The van der Waals surface area contributed by atoms with E-state index in [9.17, 15) is 18.0 Å². The second-order valence-electron chi connectivity index (χ2n) is 8.89. The minimum absolute atomic E-state index is 0.109. The summed E-state index contributed by atoms with van der Waals surface area (Å²) >= 11 is 0. The molecule has 0 aliphatic rings. The molecule has 0 aromatic heterocycles. The van der Waals surface area contributed by atoms with E-state index in [1.165, 1.54) is 12.0 Å². The van der Waals surface area contributed by atoms with Crippen LogP contribution in [0.4, 0.5) is 5.69 Å².